The molecular weight excluding hydrogens is 420 g/mol. The van der Waals surface area contributed by atoms with Gasteiger partial charge in [0.1, 0.15) is 0 Å². The fraction of sp³-hybridized carbons (Fsp3) is 0.389. The Morgan fingerprint density at radius 3 is 2.38 bits per heavy atom. The van der Waals surface area contributed by atoms with Crippen molar-refractivity contribution in [1.29, 1.82) is 0 Å². The Labute approximate surface area is 171 Å². The van der Waals surface area contributed by atoms with E-state index in [1.54, 1.807) is 24.3 Å². The fourth-order valence-corrected chi connectivity index (χ4v) is 4.16. The van der Waals surface area contributed by atoms with E-state index in [4.69, 9.17) is 16.7 Å². The van der Waals surface area contributed by atoms with Crippen molar-refractivity contribution in [2.75, 3.05) is 12.4 Å². The van der Waals surface area contributed by atoms with Crippen LogP contribution in [0.5, 0.6) is 0 Å². The fourth-order valence-electron chi connectivity index (χ4n) is 3.06. The van der Waals surface area contributed by atoms with Gasteiger partial charge in [-0.1, -0.05) is 30.7 Å². The van der Waals surface area contributed by atoms with Crippen LogP contribution in [0.25, 0.3) is 11.2 Å². The summed E-state index contributed by atoms with van der Waals surface area (Å²) in [4.78, 5) is 29.8. The minimum atomic E-state index is -3.77. The molecule has 0 unspecified atom stereocenters. The van der Waals surface area contributed by atoms with Crippen LogP contribution in [0.2, 0.25) is 5.02 Å². The Morgan fingerprint density at radius 1 is 1.14 bits per heavy atom. The molecule has 0 bridgehead atoms. The van der Waals surface area contributed by atoms with Crippen LogP contribution in [0.3, 0.4) is 0 Å². The molecule has 2 heterocycles. The minimum Gasteiger partial charge on any atom is -0.396 e. The first-order valence-electron chi connectivity index (χ1n) is 8.99. The average Bonchev–Trinajstić information content (AvgIpc) is 3.08. The smallest absolute Gasteiger partial charge is 0.332 e. The van der Waals surface area contributed by atoms with E-state index in [0.717, 1.165) is 14.7 Å². The summed E-state index contributed by atoms with van der Waals surface area (Å²) in [6.45, 7) is 1.38. The predicted octanol–water partition coefficient (Wildman–Crippen LogP) is 0.774. The summed E-state index contributed by atoms with van der Waals surface area (Å²) >= 11 is 5.92. The molecular formula is C18H21ClN4O5S. The molecule has 0 fully saturated rings. The Balaban J connectivity index is 2.37. The monoisotopic (exact) mass is 440 g/mol. The van der Waals surface area contributed by atoms with Crippen LogP contribution in [-0.2, 0) is 30.0 Å². The van der Waals surface area contributed by atoms with Crippen molar-refractivity contribution < 1.29 is 13.5 Å². The van der Waals surface area contributed by atoms with Crippen LogP contribution in [0.1, 0.15) is 18.9 Å². The van der Waals surface area contributed by atoms with Gasteiger partial charge in [0.2, 0.25) is 15.0 Å². The molecule has 0 atom stereocenters. The number of hydrogen-bond acceptors (Lipinski definition) is 6. The Morgan fingerprint density at radius 2 is 1.79 bits per heavy atom. The van der Waals surface area contributed by atoms with E-state index in [1.165, 1.54) is 18.5 Å². The second kappa shape index (κ2) is 8.13. The molecule has 0 aliphatic heterocycles. The molecule has 0 saturated carbocycles. The number of fused-ring (bicyclic) bond motifs is 1. The highest BCUT2D eigenvalue weighted by molar-refractivity contribution is 7.91. The third-order valence-electron chi connectivity index (χ3n) is 4.65. The second-order valence-electron chi connectivity index (χ2n) is 6.56. The zero-order chi connectivity index (χ0) is 21.3. The number of aromatic nitrogens is 4. The number of nitrogens with zero attached hydrogens (tertiary/aromatic N) is 4. The molecule has 0 saturated heterocycles. The molecule has 0 amide bonds. The van der Waals surface area contributed by atoms with Crippen LogP contribution >= 0.6 is 11.6 Å². The third-order valence-corrected chi connectivity index (χ3v) is 6.53. The van der Waals surface area contributed by atoms with Crippen molar-refractivity contribution in [1.82, 2.24) is 18.7 Å². The molecule has 156 valence electrons. The quantitative estimate of drug-likeness (QED) is 0.580. The summed E-state index contributed by atoms with van der Waals surface area (Å²) in [5.74, 6) is -0.205. The number of halogens is 1. The zero-order valence-electron chi connectivity index (χ0n) is 16.0. The SMILES string of the molecule is CCS(=O)(=O)c1nc2c(c(=O)n(CCCO)c(=O)n2C)n1Cc1ccc(Cl)cc1. The van der Waals surface area contributed by atoms with Gasteiger partial charge in [0, 0.05) is 25.2 Å². The first-order chi connectivity index (χ1) is 13.7. The van der Waals surface area contributed by atoms with Gasteiger partial charge in [-0.05, 0) is 24.1 Å². The van der Waals surface area contributed by atoms with Gasteiger partial charge >= 0.3 is 5.69 Å². The maximum absolute atomic E-state index is 13.1. The predicted molar refractivity (Wildman–Crippen MR) is 109 cm³/mol. The van der Waals surface area contributed by atoms with Crippen molar-refractivity contribution in [2.24, 2.45) is 7.05 Å². The standard InChI is InChI=1S/C18H21ClN4O5S/c1-3-29(27,28)17-20-15-14(23(17)11-12-5-7-13(19)8-6-12)16(25)22(9-4-10-24)18(26)21(15)2/h5-8,24H,3-4,9-11H2,1-2H3. The number of aliphatic hydroxyl groups excluding tert-OH is 1. The molecule has 1 aromatic carbocycles. The van der Waals surface area contributed by atoms with Crippen molar-refractivity contribution in [3.05, 3.63) is 55.7 Å². The zero-order valence-corrected chi connectivity index (χ0v) is 17.6. The van der Waals surface area contributed by atoms with E-state index in [-0.39, 0.29) is 48.2 Å². The van der Waals surface area contributed by atoms with Gasteiger partial charge in [-0.3, -0.25) is 13.9 Å². The maximum Gasteiger partial charge on any atom is 0.332 e. The summed E-state index contributed by atoms with van der Waals surface area (Å²) in [5.41, 5.74) is -0.521. The molecule has 9 nitrogen and oxygen atoms in total. The molecule has 0 spiro atoms. The van der Waals surface area contributed by atoms with Crippen molar-refractivity contribution in [3.63, 3.8) is 0 Å². The molecule has 2 aromatic heterocycles. The van der Waals surface area contributed by atoms with Crippen molar-refractivity contribution in [2.45, 2.75) is 31.6 Å². The molecule has 11 heteroatoms. The molecule has 29 heavy (non-hydrogen) atoms. The second-order valence-corrected chi connectivity index (χ2v) is 9.17. The van der Waals surface area contributed by atoms with Gasteiger partial charge in [-0.15, -0.1) is 0 Å². The van der Waals surface area contributed by atoms with E-state index < -0.39 is 21.1 Å². The lowest BCUT2D eigenvalue weighted by Gasteiger charge is -2.11. The van der Waals surface area contributed by atoms with Gasteiger partial charge in [0.05, 0.1) is 12.3 Å². The Kier molecular flexibility index (Phi) is 5.97. The number of imidazole rings is 1. The molecule has 0 aliphatic carbocycles. The highest BCUT2D eigenvalue weighted by Gasteiger charge is 2.26. The number of aliphatic hydroxyl groups is 1. The van der Waals surface area contributed by atoms with E-state index in [1.807, 2.05) is 0 Å². The van der Waals surface area contributed by atoms with Crippen LogP contribution in [-0.4, -0.2) is 44.6 Å². The lowest BCUT2D eigenvalue weighted by molar-refractivity contribution is 0.277. The maximum atomic E-state index is 13.1. The summed E-state index contributed by atoms with van der Waals surface area (Å²) in [7, 11) is -2.34. The highest BCUT2D eigenvalue weighted by Crippen LogP contribution is 2.20. The Bertz CT molecular complexity index is 1270. The van der Waals surface area contributed by atoms with E-state index in [2.05, 4.69) is 4.98 Å². The van der Waals surface area contributed by atoms with Crippen LogP contribution < -0.4 is 11.2 Å². The summed E-state index contributed by atoms with van der Waals surface area (Å²) < 4.78 is 28.8. The Hall–Kier alpha value is -2.43. The molecule has 1 N–H and O–H groups in total. The first kappa shape index (κ1) is 21.3. The van der Waals surface area contributed by atoms with Gasteiger partial charge in [-0.2, -0.15) is 4.98 Å². The molecule has 3 aromatic rings. The van der Waals surface area contributed by atoms with E-state index >= 15 is 0 Å². The molecule has 0 radical (unpaired) electrons. The van der Waals surface area contributed by atoms with Gasteiger partial charge in [-0.25, -0.2) is 13.2 Å². The molecule has 0 aliphatic rings. The lowest BCUT2D eigenvalue weighted by atomic mass is 10.2. The van der Waals surface area contributed by atoms with Crippen molar-refractivity contribution >= 4 is 32.6 Å². The summed E-state index contributed by atoms with van der Waals surface area (Å²) in [5, 5.41) is 9.34. The molecule has 3 rings (SSSR count). The number of rotatable bonds is 7. The summed E-state index contributed by atoms with van der Waals surface area (Å²) in [6, 6.07) is 6.78. The van der Waals surface area contributed by atoms with E-state index in [0.29, 0.717) is 5.02 Å². The number of sulfone groups is 1. The van der Waals surface area contributed by atoms with Crippen LogP contribution in [0.4, 0.5) is 0 Å². The number of benzene rings is 1. The largest absolute Gasteiger partial charge is 0.396 e. The first-order valence-corrected chi connectivity index (χ1v) is 11.0. The number of hydrogen-bond donors (Lipinski definition) is 1. The number of aryl methyl sites for hydroxylation is 1. The highest BCUT2D eigenvalue weighted by atomic mass is 35.5. The van der Waals surface area contributed by atoms with Crippen LogP contribution in [0.15, 0.2) is 39.0 Å². The topological polar surface area (TPSA) is 116 Å². The van der Waals surface area contributed by atoms with E-state index in [9.17, 15) is 18.0 Å². The normalized spacial score (nSPS) is 12.0. The summed E-state index contributed by atoms with van der Waals surface area (Å²) in [6.07, 6.45) is 0.214. The minimum absolute atomic E-state index is 0.00115. The average molecular weight is 441 g/mol. The lowest BCUT2D eigenvalue weighted by Crippen LogP contribution is -2.40. The third kappa shape index (κ3) is 3.87. The van der Waals surface area contributed by atoms with Crippen molar-refractivity contribution in [3.8, 4) is 0 Å². The van der Waals surface area contributed by atoms with Crippen LogP contribution in [0, 0.1) is 0 Å². The van der Waals surface area contributed by atoms with Gasteiger partial charge in [0.15, 0.2) is 11.2 Å². The van der Waals surface area contributed by atoms with Gasteiger partial charge in [0.25, 0.3) is 5.56 Å². The van der Waals surface area contributed by atoms with Gasteiger partial charge < -0.3 is 9.67 Å².